The van der Waals surface area contributed by atoms with Crippen molar-refractivity contribution in [2.45, 2.75) is 13.3 Å². The first-order chi connectivity index (χ1) is 15.8. The van der Waals surface area contributed by atoms with Crippen LogP contribution < -0.4 is 10.2 Å². The number of aryl methyl sites for hydroxylation is 1. The molecule has 3 aromatic rings. The maximum atomic E-state index is 13.7. The molecule has 2 amide bonds. The van der Waals surface area contributed by atoms with E-state index in [0.29, 0.717) is 5.69 Å². The highest BCUT2D eigenvalue weighted by Crippen LogP contribution is 2.34. The van der Waals surface area contributed by atoms with Crippen molar-refractivity contribution in [1.82, 2.24) is 0 Å². The van der Waals surface area contributed by atoms with Gasteiger partial charge in [0.05, 0.1) is 16.2 Å². The Hall–Kier alpha value is -4.40. The molecule has 0 aromatic heterocycles. The summed E-state index contributed by atoms with van der Waals surface area (Å²) in [6.07, 6.45) is 0.775. The van der Waals surface area contributed by atoms with Crippen LogP contribution in [0.25, 0.3) is 5.57 Å². The molecule has 0 radical (unpaired) electrons. The fourth-order valence-electron chi connectivity index (χ4n) is 3.50. The number of hydrogen-bond donors (Lipinski definition) is 1. The number of benzene rings is 3. The van der Waals surface area contributed by atoms with Crippen LogP contribution in [0.2, 0.25) is 0 Å². The number of amides is 2. The number of non-ortho nitro benzene ring substituents is 1. The molecule has 0 saturated heterocycles. The van der Waals surface area contributed by atoms with Gasteiger partial charge in [0.15, 0.2) is 11.6 Å². The molecule has 7 nitrogen and oxygen atoms in total. The third-order valence-electron chi connectivity index (χ3n) is 5.24. The fraction of sp³-hybridized carbons (Fsp3) is 0.0833. The van der Waals surface area contributed by atoms with Gasteiger partial charge < -0.3 is 5.32 Å². The highest BCUT2D eigenvalue weighted by atomic mass is 19.2. The molecule has 4 rings (SSSR count). The van der Waals surface area contributed by atoms with E-state index in [1.807, 2.05) is 6.92 Å². The van der Waals surface area contributed by atoms with Crippen LogP contribution in [0, 0.1) is 21.7 Å². The van der Waals surface area contributed by atoms with E-state index in [2.05, 4.69) is 5.32 Å². The van der Waals surface area contributed by atoms with E-state index in [-0.39, 0.29) is 28.2 Å². The minimum absolute atomic E-state index is 0.0424. The lowest BCUT2D eigenvalue weighted by Gasteiger charge is -2.16. The number of imide groups is 1. The van der Waals surface area contributed by atoms with Crippen LogP contribution in [0.3, 0.4) is 0 Å². The normalized spacial score (nSPS) is 13.6. The lowest BCUT2D eigenvalue weighted by molar-refractivity contribution is -0.384. The van der Waals surface area contributed by atoms with Crippen LogP contribution in [0.5, 0.6) is 0 Å². The number of nitro benzene ring substituents is 1. The molecule has 9 heteroatoms. The van der Waals surface area contributed by atoms with E-state index in [4.69, 9.17) is 0 Å². The molecule has 1 N–H and O–H groups in total. The number of rotatable bonds is 6. The minimum atomic E-state index is -1.12. The van der Waals surface area contributed by atoms with Gasteiger partial charge in [-0.25, -0.2) is 13.7 Å². The number of carbonyl (C=O) groups excluding carboxylic acids is 2. The second kappa shape index (κ2) is 8.62. The first-order valence-corrected chi connectivity index (χ1v) is 9.99. The van der Waals surface area contributed by atoms with Crippen LogP contribution in [0.1, 0.15) is 18.1 Å². The molecule has 33 heavy (non-hydrogen) atoms. The second-order valence-corrected chi connectivity index (χ2v) is 7.27. The Morgan fingerprint density at radius 2 is 1.58 bits per heavy atom. The first kappa shape index (κ1) is 21.8. The Kier molecular flexibility index (Phi) is 5.70. The van der Waals surface area contributed by atoms with Gasteiger partial charge in [-0.15, -0.1) is 0 Å². The van der Waals surface area contributed by atoms with Gasteiger partial charge in [-0.05, 0) is 53.9 Å². The maximum Gasteiger partial charge on any atom is 0.282 e. The zero-order chi connectivity index (χ0) is 23.7. The Balaban J connectivity index is 1.80. The molecule has 0 saturated carbocycles. The van der Waals surface area contributed by atoms with E-state index in [0.717, 1.165) is 29.0 Å². The largest absolute Gasteiger partial charge is 0.350 e. The van der Waals surface area contributed by atoms with Crippen molar-refractivity contribution >= 4 is 34.4 Å². The summed E-state index contributed by atoms with van der Waals surface area (Å²) < 4.78 is 27.1. The van der Waals surface area contributed by atoms with Gasteiger partial charge in [0.2, 0.25) is 0 Å². The molecular formula is C24H17F2N3O4. The quantitative estimate of drug-likeness (QED) is 0.331. The summed E-state index contributed by atoms with van der Waals surface area (Å²) >= 11 is 0. The zero-order valence-corrected chi connectivity index (χ0v) is 17.3. The Labute approximate surface area is 187 Å². The average molecular weight is 449 g/mol. The average Bonchev–Trinajstić information content (AvgIpc) is 3.05. The van der Waals surface area contributed by atoms with Gasteiger partial charge >= 0.3 is 0 Å². The molecule has 0 spiro atoms. The van der Waals surface area contributed by atoms with Crippen molar-refractivity contribution in [2.24, 2.45) is 0 Å². The summed E-state index contributed by atoms with van der Waals surface area (Å²) in [6.45, 7) is 1.97. The molecule has 1 aliphatic rings. The maximum absolute atomic E-state index is 13.7. The summed E-state index contributed by atoms with van der Waals surface area (Å²) in [5.74, 6) is -3.52. The molecular weight excluding hydrogens is 432 g/mol. The fourth-order valence-corrected chi connectivity index (χ4v) is 3.50. The zero-order valence-electron chi connectivity index (χ0n) is 17.3. The van der Waals surface area contributed by atoms with Crippen molar-refractivity contribution in [3.05, 3.63) is 105 Å². The van der Waals surface area contributed by atoms with Crippen molar-refractivity contribution in [3.8, 4) is 0 Å². The monoisotopic (exact) mass is 449 g/mol. The summed E-state index contributed by atoms with van der Waals surface area (Å²) in [7, 11) is 0. The number of hydrogen-bond acceptors (Lipinski definition) is 5. The number of anilines is 2. The predicted molar refractivity (Wildman–Crippen MR) is 118 cm³/mol. The van der Waals surface area contributed by atoms with Crippen molar-refractivity contribution in [1.29, 1.82) is 0 Å². The number of halogens is 2. The summed E-state index contributed by atoms with van der Waals surface area (Å²) in [4.78, 5) is 38.0. The van der Waals surface area contributed by atoms with Gasteiger partial charge in [-0.1, -0.05) is 19.1 Å². The molecule has 0 atom stereocenters. The third kappa shape index (κ3) is 4.08. The SMILES string of the molecule is CCc1ccc(N2C(=O)C(Nc3ccc(F)c(F)c3)=C(c3ccc([N+](=O)[O-])cc3)C2=O)cc1. The standard InChI is InChI=1S/C24H17F2N3O4/c1-2-14-3-8-17(9-4-14)28-23(30)21(15-5-10-18(11-6-15)29(32)33)22(24(28)31)27-16-7-12-19(25)20(26)13-16/h3-13,27H,2H2,1H3. The van der Waals surface area contributed by atoms with Crippen molar-refractivity contribution in [3.63, 3.8) is 0 Å². The molecule has 0 unspecified atom stereocenters. The summed E-state index contributed by atoms with van der Waals surface area (Å²) in [5.41, 5.74) is 1.30. The van der Waals surface area contributed by atoms with E-state index in [9.17, 15) is 28.5 Å². The number of nitrogens with one attached hydrogen (secondary N) is 1. The van der Waals surface area contributed by atoms with Crippen molar-refractivity contribution < 1.29 is 23.3 Å². The number of carbonyl (C=O) groups is 2. The van der Waals surface area contributed by atoms with Gasteiger partial charge in [0.1, 0.15) is 5.70 Å². The smallest absolute Gasteiger partial charge is 0.282 e. The molecule has 166 valence electrons. The Bertz CT molecular complexity index is 1300. The first-order valence-electron chi connectivity index (χ1n) is 9.99. The molecule has 0 fully saturated rings. The van der Waals surface area contributed by atoms with E-state index >= 15 is 0 Å². The Morgan fingerprint density at radius 3 is 2.15 bits per heavy atom. The summed E-state index contributed by atoms with van der Waals surface area (Å²) in [5, 5.41) is 13.7. The highest BCUT2D eigenvalue weighted by molar-refractivity contribution is 6.46. The van der Waals surface area contributed by atoms with Gasteiger partial charge in [0.25, 0.3) is 17.5 Å². The van der Waals surface area contributed by atoms with Crippen molar-refractivity contribution in [2.75, 3.05) is 10.2 Å². The van der Waals surface area contributed by atoms with Crippen LogP contribution in [0.4, 0.5) is 25.8 Å². The summed E-state index contributed by atoms with van der Waals surface area (Å²) in [6, 6.07) is 15.0. The van der Waals surface area contributed by atoms with Crippen LogP contribution >= 0.6 is 0 Å². The Morgan fingerprint density at radius 1 is 0.909 bits per heavy atom. The third-order valence-corrected chi connectivity index (χ3v) is 5.24. The predicted octanol–water partition coefficient (Wildman–Crippen LogP) is 4.83. The highest BCUT2D eigenvalue weighted by Gasteiger charge is 2.40. The number of nitro groups is 1. The van der Waals surface area contributed by atoms with Crippen LogP contribution in [-0.2, 0) is 16.0 Å². The van der Waals surface area contributed by atoms with Crippen LogP contribution in [0.15, 0.2) is 72.4 Å². The molecule has 0 bridgehead atoms. The van der Waals surface area contributed by atoms with E-state index in [1.54, 1.807) is 24.3 Å². The molecule has 1 heterocycles. The second-order valence-electron chi connectivity index (χ2n) is 7.27. The topological polar surface area (TPSA) is 92.6 Å². The lowest BCUT2D eigenvalue weighted by Crippen LogP contribution is -2.32. The molecule has 3 aromatic carbocycles. The lowest BCUT2D eigenvalue weighted by atomic mass is 10.0. The minimum Gasteiger partial charge on any atom is -0.350 e. The van der Waals surface area contributed by atoms with Gasteiger partial charge in [-0.2, -0.15) is 0 Å². The van der Waals surface area contributed by atoms with Gasteiger partial charge in [-0.3, -0.25) is 19.7 Å². The van der Waals surface area contributed by atoms with Gasteiger partial charge in [0, 0.05) is 23.9 Å². The molecule has 1 aliphatic heterocycles. The number of nitrogens with zero attached hydrogens (tertiary/aromatic N) is 2. The van der Waals surface area contributed by atoms with Crippen LogP contribution in [-0.4, -0.2) is 16.7 Å². The van der Waals surface area contributed by atoms with E-state index < -0.39 is 28.4 Å². The van der Waals surface area contributed by atoms with E-state index in [1.165, 1.54) is 30.3 Å². The molecule has 0 aliphatic carbocycles.